The van der Waals surface area contributed by atoms with E-state index in [1.165, 1.54) is 0 Å². The van der Waals surface area contributed by atoms with Gasteiger partial charge in [-0.25, -0.2) is 0 Å². The molecule has 1 saturated heterocycles. The number of rotatable bonds is 6. The number of carbonyl (C=O) groups is 1. The standard InChI is InChI=1S/C14H21N3OS/c1-3-16(4-2)9-10-17-13(18)11-19-14(17)12-7-5-6-8-15-12/h5-8,14H,3-4,9-11H2,1-2H3. The molecule has 19 heavy (non-hydrogen) atoms. The lowest BCUT2D eigenvalue weighted by Crippen LogP contribution is -2.37. The van der Waals surface area contributed by atoms with Gasteiger partial charge in [0.15, 0.2) is 0 Å². The smallest absolute Gasteiger partial charge is 0.233 e. The van der Waals surface area contributed by atoms with Gasteiger partial charge in [-0.1, -0.05) is 19.9 Å². The van der Waals surface area contributed by atoms with Crippen molar-refractivity contribution in [3.8, 4) is 0 Å². The fourth-order valence-corrected chi connectivity index (χ4v) is 3.43. The molecule has 0 spiro atoms. The normalized spacial score (nSPS) is 19.4. The van der Waals surface area contributed by atoms with E-state index < -0.39 is 0 Å². The Labute approximate surface area is 119 Å². The van der Waals surface area contributed by atoms with E-state index in [1.807, 2.05) is 23.1 Å². The summed E-state index contributed by atoms with van der Waals surface area (Å²) < 4.78 is 0. The minimum absolute atomic E-state index is 0.0873. The van der Waals surface area contributed by atoms with E-state index in [0.717, 1.165) is 31.9 Å². The molecule has 0 aliphatic carbocycles. The second-order valence-corrected chi connectivity index (χ2v) is 5.60. The Morgan fingerprint density at radius 1 is 1.42 bits per heavy atom. The third-order valence-corrected chi connectivity index (χ3v) is 4.69. The highest BCUT2D eigenvalue weighted by molar-refractivity contribution is 8.00. The lowest BCUT2D eigenvalue weighted by Gasteiger charge is -2.26. The number of aromatic nitrogens is 1. The third-order valence-electron chi connectivity index (χ3n) is 3.46. The van der Waals surface area contributed by atoms with Crippen LogP contribution in [0.25, 0.3) is 0 Å². The average Bonchev–Trinajstić information content (AvgIpc) is 2.82. The minimum atomic E-state index is 0.0873. The predicted molar refractivity (Wildman–Crippen MR) is 78.9 cm³/mol. The monoisotopic (exact) mass is 279 g/mol. The van der Waals surface area contributed by atoms with Crippen molar-refractivity contribution < 1.29 is 4.79 Å². The maximum atomic E-state index is 12.0. The molecule has 1 aromatic rings. The molecule has 1 aliphatic heterocycles. The number of carbonyl (C=O) groups excluding carboxylic acids is 1. The van der Waals surface area contributed by atoms with Crippen LogP contribution in [0.15, 0.2) is 24.4 Å². The number of pyridine rings is 1. The van der Waals surface area contributed by atoms with Crippen molar-refractivity contribution in [2.24, 2.45) is 0 Å². The molecule has 2 rings (SSSR count). The van der Waals surface area contributed by atoms with E-state index in [2.05, 4.69) is 23.7 Å². The van der Waals surface area contributed by atoms with Crippen LogP contribution in [0, 0.1) is 0 Å². The molecule has 0 saturated carbocycles. The fourth-order valence-electron chi connectivity index (χ4n) is 2.25. The molecule has 4 nitrogen and oxygen atoms in total. The molecule has 0 bridgehead atoms. The van der Waals surface area contributed by atoms with Crippen molar-refractivity contribution in [3.05, 3.63) is 30.1 Å². The molecule has 2 heterocycles. The van der Waals surface area contributed by atoms with Crippen LogP contribution in [0.2, 0.25) is 0 Å². The molecule has 1 amide bonds. The molecule has 1 fully saturated rings. The highest BCUT2D eigenvalue weighted by Crippen LogP contribution is 2.37. The van der Waals surface area contributed by atoms with Crippen molar-refractivity contribution in [2.75, 3.05) is 31.9 Å². The molecule has 1 atom stereocenters. The van der Waals surface area contributed by atoms with Gasteiger partial charge in [-0.2, -0.15) is 0 Å². The first kappa shape index (κ1) is 14.3. The summed E-state index contributed by atoms with van der Waals surface area (Å²) in [5.41, 5.74) is 0.984. The molecule has 1 aromatic heterocycles. The molecular weight excluding hydrogens is 258 g/mol. The lowest BCUT2D eigenvalue weighted by atomic mass is 10.3. The van der Waals surface area contributed by atoms with Crippen LogP contribution in [-0.2, 0) is 4.79 Å². The molecule has 0 aromatic carbocycles. The van der Waals surface area contributed by atoms with Gasteiger partial charge in [0.05, 0.1) is 11.4 Å². The van der Waals surface area contributed by atoms with Gasteiger partial charge in [0, 0.05) is 19.3 Å². The van der Waals surface area contributed by atoms with E-state index >= 15 is 0 Å². The van der Waals surface area contributed by atoms with Crippen molar-refractivity contribution >= 4 is 17.7 Å². The summed E-state index contributed by atoms with van der Waals surface area (Å²) in [5, 5.41) is 0.0873. The Morgan fingerprint density at radius 3 is 2.84 bits per heavy atom. The van der Waals surface area contributed by atoms with Gasteiger partial charge in [0.1, 0.15) is 5.37 Å². The van der Waals surface area contributed by atoms with E-state index in [1.54, 1.807) is 18.0 Å². The summed E-state index contributed by atoms with van der Waals surface area (Å²) >= 11 is 1.67. The predicted octanol–water partition coefficient (Wildman–Crippen LogP) is 2.00. The highest BCUT2D eigenvalue weighted by Gasteiger charge is 2.33. The molecule has 1 unspecified atom stereocenters. The van der Waals surface area contributed by atoms with Gasteiger partial charge in [-0.3, -0.25) is 9.78 Å². The van der Waals surface area contributed by atoms with Gasteiger partial charge in [-0.15, -0.1) is 11.8 Å². The van der Waals surface area contributed by atoms with Crippen molar-refractivity contribution in [3.63, 3.8) is 0 Å². The lowest BCUT2D eigenvalue weighted by molar-refractivity contribution is -0.128. The van der Waals surface area contributed by atoms with Crippen LogP contribution in [0.3, 0.4) is 0 Å². The fraction of sp³-hybridized carbons (Fsp3) is 0.571. The van der Waals surface area contributed by atoms with Crippen molar-refractivity contribution in [1.29, 1.82) is 0 Å². The van der Waals surface area contributed by atoms with Crippen molar-refractivity contribution in [2.45, 2.75) is 19.2 Å². The number of amides is 1. The first-order chi connectivity index (χ1) is 9.26. The summed E-state index contributed by atoms with van der Waals surface area (Å²) in [6, 6.07) is 5.89. The van der Waals surface area contributed by atoms with Crippen LogP contribution < -0.4 is 0 Å². The number of hydrogen-bond donors (Lipinski definition) is 0. The van der Waals surface area contributed by atoms with E-state index in [0.29, 0.717) is 5.75 Å². The van der Waals surface area contributed by atoms with Crippen LogP contribution in [0.4, 0.5) is 0 Å². The van der Waals surface area contributed by atoms with Gasteiger partial charge >= 0.3 is 0 Å². The van der Waals surface area contributed by atoms with Crippen LogP contribution >= 0.6 is 11.8 Å². The Kier molecular flexibility index (Phi) is 5.22. The van der Waals surface area contributed by atoms with E-state index in [9.17, 15) is 4.79 Å². The second kappa shape index (κ2) is 6.91. The summed E-state index contributed by atoms with van der Waals surface area (Å²) in [5.74, 6) is 0.798. The number of thioether (sulfide) groups is 1. The van der Waals surface area contributed by atoms with Gasteiger partial charge < -0.3 is 9.80 Å². The molecule has 5 heteroatoms. The maximum absolute atomic E-state index is 12.0. The number of nitrogens with zero attached hydrogens (tertiary/aromatic N) is 3. The Morgan fingerprint density at radius 2 is 2.21 bits per heavy atom. The summed E-state index contributed by atoms with van der Waals surface area (Å²) in [7, 11) is 0. The van der Waals surface area contributed by atoms with Crippen LogP contribution in [0.5, 0.6) is 0 Å². The summed E-state index contributed by atoms with van der Waals surface area (Å²) in [6.45, 7) is 8.08. The molecular formula is C14H21N3OS. The van der Waals surface area contributed by atoms with Crippen molar-refractivity contribution in [1.82, 2.24) is 14.8 Å². The summed E-state index contributed by atoms with van der Waals surface area (Å²) in [4.78, 5) is 20.7. The molecule has 0 N–H and O–H groups in total. The zero-order chi connectivity index (χ0) is 13.7. The maximum Gasteiger partial charge on any atom is 0.233 e. The molecule has 104 valence electrons. The zero-order valence-corrected chi connectivity index (χ0v) is 12.4. The minimum Gasteiger partial charge on any atom is -0.323 e. The van der Waals surface area contributed by atoms with Crippen LogP contribution in [0.1, 0.15) is 24.9 Å². The molecule has 1 aliphatic rings. The molecule has 0 radical (unpaired) electrons. The quantitative estimate of drug-likeness (QED) is 0.798. The number of hydrogen-bond acceptors (Lipinski definition) is 4. The average molecular weight is 279 g/mol. The Balaban J connectivity index is 2.02. The Hall–Kier alpha value is -1.07. The van der Waals surface area contributed by atoms with E-state index in [4.69, 9.17) is 0 Å². The third kappa shape index (κ3) is 3.48. The van der Waals surface area contributed by atoms with Gasteiger partial charge in [-0.05, 0) is 25.2 Å². The highest BCUT2D eigenvalue weighted by atomic mass is 32.2. The van der Waals surface area contributed by atoms with Gasteiger partial charge in [0.25, 0.3) is 0 Å². The first-order valence-corrected chi connectivity index (χ1v) is 7.85. The first-order valence-electron chi connectivity index (χ1n) is 6.80. The number of likely N-dealkylation sites (N-methyl/N-ethyl adjacent to an activating group) is 1. The zero-order valence-electron chi connectivity index (χ0n) is 11.6. The largest absolute Gasteiger partial charge is 0.323 e. The topological polar surface area (TPSA) is 36.4 Å². The van der Waals surface area contributed by atoms with Gasteiger partial charge in [0.2, 0.25) is 5.91 Å². The van der Waals surface area contributed by atoms with E-state index in [-0.39, 0.29) is 11.3 Å². The summed E-state index contributed by atoms with van der Waals surface area (Å²) in [6.07, 6.45) is 1.79. The SMILES string of the molecule is CCN(CC)CCN1C(=O)CSC1c1ccccn1. The van der Waals surface area contributed by atoms with Crippen LogP contribution in [-0.4, -0.2) is 52.6 Å². The Bertz CT molecular complexity index is 408. The second-order valence-electron chi connectivity index (χ2n) is 4.53.